The minimum atomic E-state index is 0.672. The van der Waals surface area contributed by atoms with E-state index in [1.807, 2.05) is 0 Å². The lowest BCUT2D eigenvalue weighted by Crippen LogP contribution is -2.41. The van der Waals surface area contributed by atoms with E-state index in [-0.39, 0.29) is 0 Å². The molecule has 3 nitrogen and oxygen atoms in total. The first-order chi connectivity index (χ1) is 9.55. The van der Waals surface area contributed by atoms with Gasteiger partial charge in [0.1, 0.15) is 0 Å². The Labute approximate surface area is 124 Å². The Kier molecular flexibility index (Phi) is 5.25. The fourth-order valence-electron chi connectivity index (χ4n) is 3.82. The van der Waals surface area contributed by atoms with Crippen LogP contribution in [0.25, 0.3) is 0 Å². The number of aryl methyl sites for hydroxylation is 2. The van der Waals surface area contributed by atoms with Crippen LogP contribution in [-0.2, 0) is 13.0 Å². The standard InChI is InChI=1S/C17H31N3/c1-6-20-16(9-13(4)19-20)11-15-10-14(12(2)3)7-8-17(15)18-5/h9,12,14-15,17-18H,6-8,10-11H2,1-5H3. The van der Waals surface area contributed by atoms with Crippen LogP contribution in [0.15, 0.2) is 6.07 Å². The lowest BCUT2D eigenvalue weighted by molar-refractivity contribution is 0.171. The van der Waals surface area contributed by atoms with Gasteiger partial charge in [0.25, 0.3) is 0 Å². The molecule has 1 N–H and O–H groups in total. The Balaban J connectivity index is 2.10. The highest BCUT2D eigenvalue weighted by Crippen LogP contribution is 2.35. The van der Waals surface area contributed by atoms with Gasteiger partial charge in [0.15, 0.2) is 0 Å². The lowest BCUT2D eigenvalue weighted by Gasteiger charge is -2.38. The SMILES string of the molecule is CCn1nc(C)cc1CC1CC(C(C)C)CCC1NC. The molecule has 1 saturated carbocycles. The highest BCUT2D eigenvalue weighted by Gasteiger charge is 2.31. The quantitative estimate of drug-likeness (QED) is 0.894. The monoisotopic (exact) mass is 277 g/mol. The number of aromatic nitrogens is 2. The third-order valence-electron chi connectivity index (χ3n) is 5.09. The van der Waals surface area contributed by atoms with E-state index in [0.29, 0.717) is 6.04 Å². The van der Waals surface area contributed by atoms with E-state index in [4.69, 9.17) is 0 Å². The summed E-state index contributed by atoms with van der Waals surface area (Å²) < 4.78 is 2.18. The molecular formula is C17H31N3. The molecule has 20 heavy (non-hydrogen) atoms. The smallest absolute Gasteiger partial charge is 0.0596 e. The minimum Gasteiger partial charge on any atom is -0.317 e. The molecule has 0 amide bonds. The molecule has 0 aliphatic heterocycles. The molecule has 3 unspecified atom stereocenters. The molecule has 1 aromatic rings. The topological polar surface area (TPSA) is 29.9 Å². The molecule has 2 rings (SSSR count). The second-order valence-electron chi connectivity index (χ2n) is 6.77. The van der Waals surface area contributed by atoms with Crippen molar-refractivity contribution in [1.82, 2.24) is 15.1 Å². The zero-order valence-corrected chi connectivity index (χ0v) is 13.8. The van der Waals surface area contributed by atoms with E-state index in [1.165, 1.54) is 31.4 Å². The molecule has 0 aromatic carbocycles. The number of hydrogen-bond acceptors (Lipinski definition) is 2. The number of nitrogens with one attached hydrogen (secondary N) is 1. The van der Waals surface area contributed by atoms with Gasteiger partial charge in [-0.3, -0.25) is 4.68 Å². The summed E-state index contributed by atoms with van der Waals surface area (Å²) in [5, 5.41) is 8.14. The van der Waals surface area contributed by atoms with Crippen molar-refractivity contribution >= 4 is 0 Å². The molecule has 0 spiro atoms. The zero-order chi connectivity index (χ0) is 14.7. The maximum Gasteiger partial charge on any atom is 0.0596 e. The predicted molar refractivity (Wildman–Crippen MR) is 84.9 cm³/mol. The van der Waals surface area contributed by atoms with Gasteiger partial charge in [-0.15, -0.1) is 0 Å². The highest BCUT2D eigenvalue weighted by molar-refractivity contribution is 5.10. The molecule has 1 fully saturated rings. The molecule has 0 saturated heterocycles. The molecule has 114 valence electrons. The van der Waals surface area contributed by atoms with E-state index in [9.17, 15) is 0 Å². The summed E-state index contributed by atoms with van der Waals surface area (Å²) >= 11 is 0. The van der Waals surface area contributed by atoms with Crippen LogP contribution in [0.2, 0.25) is 0 Å². The summed E-state index contributed by atoms with van der Waals surface area (Å²) in [5.74, 6) is 2.46. The summed E-state index contributed by atoms with van der Waals surface area (Å²) in [6.45, 7) is 10.0. The van der Waals surface area contributed by atoms with Crippen molar-refractivity contribution in [3.8, 4) is 0 Å². The molecule has 3 heteroatoms. The Hall–Kier alpha value is -0.830. The summed E-state index contributed by atoms with van der Waals surface area (Å²) in [4.78, 5) is 0. The summed E-state index contributed by atoms with van der Waals surface area (Å²) in [6, 6.07) is 2.94. The van der Waals surface area contributed by atoms with E-state index in [0.717, 1.165) is 30.0 Å². The van der Waals surface area contributed by atoms with Gasteiger partial charge in [-0.25, -0.2) is 0 Å². The Bertz CT molecular complexity index is 422. The molecule has 0 bridgehead atoms. The third kappa shape index (κ3) is 3.43. The lowest BCUT2D eigenvalue weighted by atomic mass is 9.72. The highest BCUT2D eigenvalue weighted by atomic mass is 15.3. The van der Waals surface area contributed by atoms with Crippen LogP contribution in [-0.4, -0.2) is 22.9 Å². The maximum absolute atomic E-state index is 4.60. The average Bonchev–Trinajstić information content (AvgIpc) is 2.78. The predicted octanol–water partition coefficient (Wildman–Crippen LogP) is 3.41. The van der Waals surface area contributed by atoms with Crippen LogP contribution < -0.4 is 5.32 Å². The molecule has 1 heterocycles. The Morgan fingerprint density at radius 2 is 2.15 bits per heavy atom. The summed E-state index contributed by atoms with van der Waals surface area (Å²) in [6.07, 6.45) is 5.23. The fraction of sp³-hybridized carbons (Fsp3) is 0.824. The molecular weight excluding hydrogens is 246 g/mol. The fourth-order valence-corrected chi connectivity index (χ4v) is 3.82. The second-order valence-corrected chi connectivity index (χ2v) is 6.77. The minimum absolute atomic E-state index is 0.672. The van der Waals surface area contributed by atoms with Crippen LogP contribution in [0.4, 0.5) is 0 Å². The van der Waals surface area contributed by atoms with Crippen LogP contribution in [0.5, 0.6) is 0 Å². The molecule has 3 atom stereocenters. The van der Waals surface area contributed by atoms with Gasteiger partial charge in [-0.05, 0) is 70.4 Å². The first-order valence-corrected chi connectivity index (χ1v) is 8.25. The van der Waals surface area contributed by atoms with Gasteiger partial charge >= 0.3 is 0 Å². The molecule has 0 radical (unpaired) electrons. The Morgan fingerprint density at radius 3 is 2.75 bits per heavy atom. The third-order valence-corrected chi connectivity index (χ3v) is 5.09. The van der Waals surface area contributed by atoms with E-state index in [1.54, 1.807) is 0 Å². The summed E-state index contributed by atoms with van der Waals surface area (Å²) in [5.41, 5.74) is 2.57. The van der Waals surface area contributed by atoms with Crippen molar-refractivity contribution in [1.29, 1.82) is 0 Å². The average molecular weight is 277 g/mol. The molecule has 1 aliphatic rings. The van der Waals surface area contributed by atoms with E-state index >= 15 is 0 Å². The van der Waals surface area contributed by atoms with Crippen molar-refractivity contribution in [3.63, 3.8) is 0 Å². The molecule has 1 aromatic heterocycles. The van der Waals surface area contributed by atoms with Gasteiger partial charge < -0.3 is 5.32 Å². The first kappa shape index (κ1) is 15.6. The largest absolute Gasteiger partial charge is 0.317 e. The second kappa shape index (κ2) is 6.75. The van der Waals surface area contributed by atoms with Gasteiger partial charge in [0.05, 0.1) is 5.69 Å². The number of hydrogen-bond donors (Lipinski definition) is 1. The van der Waals surface area contributed by atoms with Crippen molar-refractivity contribution in [2.24, 2.45) is 17.8 Å². The zero-order valence-electron chi connectivity index (χ0n) is 13.8. The number of rotatable bonds is 5. The van der Waals surface area contributed by atoms with Crippen LogP contribution in [0.1, 0.15) is 51.4 Å². The summed E-state index contributed by atoms with van der Waals surface area (Å²) in [7, 11) is 2.12. The van der Waals surface area contributed by atoms with Gasteiger partial charge in [-0.1, -0.05) is 13.8 Å². The normalized spacial score (nSPS) is 27.2. The van der Waals surface area contributed by atoms with E-state index in [2.05, 4.69) is 55.9 Å². The number of nitrogens with zero attached hydrogens (tertiary/aromatic N) is 2. The van der Waals surface area contributed by atoms with Crippen molar-refractivity contribution < 1.29 is 0 Å². The van der Waals surface area contributed by atoms with Crippen molar-refractivity contribution in [3.05, 3.63) is 17.5 Å². The molecule has 1 aliphatic carbocycles. The van der Waals surface area contributed by atoms with E-state index < -0.39 is 0 Å². The Morgan fingerprint density at radius 1 is 1.40 bits per heavy atom. The van der Waals surface area contributed by atoms with Crippen molar-refractivity contribution in [2.45, 2.75) is 66.0 Å². The van der Waals surface area contributed by atoms with Crippen LogP contribution in [0, 0.1) is 24.7 Å². The van der Waals surface area contributed by atoms with Gasteiger partial charge in [-0.2, -0.15) is 5.10 Å². The van der Waals surface area contributed by atoms with Crippen LogP contribution in [0.3, 0.4) is 0 Å². The van der Waals surface area contributed by atoms with Gasteiger partial charge in [0, 0.05) is 18.3 Å². The van der Waals surface area contributed by atoms with Gasteiger partial charge in [0.2, 0.25) is 0 Å². The van der Waals surface area contributed by atoms with Crippen LogP contribution >= 0.6 is 0 Å². The first-order valence-electron chi connectivity index (χ1n) is 8.25. The van der Waals surface area contributed by atoms with Crippen molar-refractivity contribution in [2.75, 3.05) is 7.05 Å². The maximum atomic E-state index is 4.60.